The molecule has 3 aromatic heterocycles. The Balaban J connectivity index is 1.22. The van der Waals surface area contributed by atoms with Gasteiger partial charge in [0.1, 0.15) is 17.3 Å². The van der Waals surface area contributed by atoms with E-state index in [0.717, 1.165) is 52.4 Å². The molecule has 0 aliphatic heterocycles. The summed E-state index contributed by atoms with van der Waals surface area (Å²) in [6.07, 6.45) is 8.20. The molecule has 5 nitrogen and oxygen atoms in total. The van der Waals surface area contributed by atoms with Gasteiger partial charge in [0.25, 0.3) is 0 Å². The molecule has 5 heteroatoms. The quantitative estimate of drug-likeness (QED) is 0.159. The van der Waals surface area contributed by atoms with Gasteiger partial charge < -0.3 is 4.74 Å². The van der Waals surface area contributed by atoms with Crippen LogP contribution < -0.4 is 4.74 Å². The number of aromatic nitrogens is 4. The minimum absolute atomic E-state index is 0.596. The van der Waals surface area contributed by atoms with Gasteiger partial charge in [-0.05, 0) is 121 Å². The highest BCUT2D eigenvalue weighted by Crippen LogP contribution is 2.37. The average molecular weight is 633 g/mol. The summed E-state index contributed by atoms with van der Waals surface area (Å²) in [7, 11) is 0. The molecule has 7 rings (SSSR count). The minimum Gasteiger partial charge on any atom is -0.457 e. The molecular weight excluding hydrogens is 589 g/mol. The number of nitrogens with zero attached hydrogens (tertiary/aromatic N) is 4. The van der Waals surface area contributed by atoms with Gasteiger partial charge in [0.05, 0.1) is 22.9 Å². The van der Waals surface area contributed by atoms with Gasteiger partial charge in [-0.3, -0.25) is 4.57 Å². The molecule has 0 aliphatic rings. The Bertz CT molecular complexity index is 2270. The molecule has 0 fully saturated rings. The van der Waals surface area contributed by atoms with Crippen molar-refractivity contribution in [2.45, 2.75) is 61.3 Å². The molecule has 0 unspecified atom stereocenters. The smallest absolute Gasteiger partial charge is 0.137 e. The van der Waals surface area contributed by atoms with Gasteiger partial charge in [0, 0.05) is 40.9 Å². The van der Waals surface area contributed by atoms with E-state index in [2.05, 4.69) is 114 Å². The molecule has 3 heterocycles. The summed E-state index contributed by atoms with van der Waals surface area (Å²) in [6, 6.07) is 29.5. The van der Waals surface area contributed by atoms with Crippen LogP contribution in [0.2, 0.25) is 0 Å². The van der Waals surface area contributed by atoms with Crippen LogP contribution in [0.5, 0.6) is 11.5 Å². The van der Waals surface area contributed by atoms with E-state index in [4.69, 9.17) is 14.8 Å². The number of benzene rings is 4. The van der Waals surface area contributed by atoms with Crippen LogP contribution in [0.1, 0.15) is 55.5 Å². The Morgan fingerprint density at radius 2 is 1.50 bits per heavy atom. The highest BCUT2D eigenvalue weighted by atomic mass is 16.5. The summed E-state index contributed by atoms with van der Waals surface area (Å²) >= 11 is 0. The van der Waals surface area contributed by atoms with Crippen molar-refractivity contribution < 1.29 is 4.74 Å². The van der Waals surface area contributed by atoms with Crippen LogP contribution in [0, 0.1) is 32.6 Å². The summed E-state index contributed by atoms with van der Waals surface area (Å²) in [5, 5.41) is 7.18. The van der Waals surface area contributed by atoms with Crippen LogP contribution in [-0.4, -0.2) is 19.3 Å². The highest BCUT2D eigenvalue weighted by Gasteiger charge is 2.18. The fraction of sp³-hybridized carbons (Fsp3) is 0.256. The van der Waals surface area contributed by atoms with Crippen LogP contribution >= 0.6 is 0 Å². The maximum Gasteiger partial charge on any atom is 0.137 e. The third-order valence-corrected chi connectivity index (χ3v) is 9.21. The lowest BCUT2D eigenvalue weighted by atomic mass is 9.84. The highest BCUT2D eigenvalue weighted by molar-refractivity contribution is 6.09. The fourth-order valence-corrected chi connectivity index (χ4v) is 7.19. The SMILES string of the molecule is Cc1ccnc(-n2c3ccccc3c3ccc(Oc4cccc(-n5cc(-c6c(C)cc(CC(C)C)c(CC(C)C)c6C)cn5)c4)cc32)c1. The monoisotopic (exact) mass is 632 g/mol. The molecule has 0 N–H and O–H groups in total. The maximum absolute atomic E-state index is 6.51. The number of hydrogen-bond donors (Lipinski definition) is 0. The van der Waals surface area contributed by atoms with Gasteiger partial charge in [-0.1, -0.05) is 58.0 Å². The van der Waals surface area contributed by atoms with E-state index in [-0.39, 0.29) is 0 Å². The third kappa shape index (κ3) is 6.01. The molecule has 0 amide bonds. The van der Waals surface area contributed by atoms with Crippen LogP contribution in [0.4, 0.5) is 0 Å². The number of ether oxygens (including phenoxy) is 1. The van der Waals surface area contributed by atoms with E-state index < -0.39 is 0 Å². The molecule has 7 aromatic rings. The lowest BCUT2D eigenvalue weighted by molar-refractivity contribution is 0.483. The molecule has 242 valence electrons. The molecule has 0 saturated carbocycles. The topological polar surface area (TPSA) is 44.9 Å². The van der Waals surface area contributed by atoms with Crippen LogP contribution in [-0.2, 0) is 12.8 Å². The fourth-order valence-electron chi connectivity index (χ4n) is 7.19. The van der Waals surface area contributed by atoms with Crippen LogP contribution in [0.25, 0.3) is 44.4 Å². The number of para-hydroxylation sites is 1. The van der Waals surface area contributed by atoms with Crippen LogP contribution in [0.15, 0.2) is 104 Å². The van der Waals surface area contributed by atoms with E-state index in [9.17, 15) is 0 Å². The van der Waals surface area contributed by atoms with Crippen molar-refractivity contribution in [2.24, 2.45) is 11.8 Å². The summed E-state index contributed by atoms with van der Waals surface area (Å²) in [5.41, 5.74) is 12.4. The zero-order chi connectivity index (χ0) is 33.5. The van der Waals surface area contributed by atoms with Crippen molar-refractivity contribution in [3.8, 4) is 34.1 Å². The Morgan fingerprint density at radius 1 is 0.729 bits per heavy atom. The Hall–Kier alpha value is -5.16. The zero-order valence-electron chi connectivity index (χ0n) is 29.1. The summed E-state index contributed by atoms with van der Waals surface area (Å²) < 4.78 is 10.7. The number of fused-ring (bicyclic) bond motifs is 3. The molecule has 0 aliphatic carbocycles. The molecule has 0 radical (unpaired) electrons. The first kappa shape index (κ1) is 31.4. The van der Waals surface area contributed by atoms with Crippen molar-refractivity contribution in [3.63, 3.8) is 0 Å². The largest absolute Gasteiger partial charge is 0.457 e. The molecule has 0 bridgehead atoms. The van der Waals surface area contributed by atoms with E-state index in [0.29, 0.717) is 11.8 Å². The molecule has 0 atom stereocenters. The third-order valence-electron chi connectivity index (χ3n) is 9.21. The van der Waals surface area contributed by atoms with Gasteiger partial charge in [0.15, 0.2) is 0 Å². The van der Waals surface area contributed by atoms with E-state index in [1.807, 2.05) is 47.4 Å². The van der Waals surface area contributed by atoms with Gasteiger partial charge >= 0.3 is 0 Å². The standard InChI is InChI=1S/C43H44N4O/c1-27(2)19-32-22-30(6)43(31(7)39(32)20-28(3)4)33-25-45-46(26-33)34-11-10-12-35(23-34)48-36-15-16-38-37-13-8-9-14-40(37)47(41(38)24-36)42-21-29(5)17-18-44-42/h8-18,21-28H,19-20H2,1-7H3. The summed E-state index contributed by atoms with van der Waals surface area (Å²) in [4.78, 5) is 4.72. The number of pyridine rings is 1. The van der Waals surface area contributed by atoms with Gasteiger partial charge in [-0.25, -0.2) is 9.67 Å². The lowest BCUT2D eigenvalue weighted by Crippen LogP contribution is -2.07. The van der Waals surface area contributed by atoms with Crippen molar-refractivity contribution in [2.75, 3.05) is 0 Å². The normalized spacial score (nSPS) is 11.8. The van der Waals surface area contributed by atoms with Gasteiger partial charge in [0.2, 0.25) is 0 Å². The Labute approximate surface area is 283 Å². The Kier molecular flexibility index (Phi) is 8.38. The van der Waals surface area contributed by atoms with E-state index in [1.54, 1.807) is 0 Å². The van der Waals surface area contributed by atoms with Crippen molar-refractivity contribution in [3.05, 3.63) is 131 Å². The van der Waals surface area contributed by atoms with Crippen molar-refractivity contribution >= 4 is 21.8 Å². The zero-order valence-corrected chi connectivity index (χ0v) is 29.1. The predicted molar refractivity (Wildman–Crippen MR) is 199 cm³/mol. The first-order chi connectivity index (χ1) is 23.2. The van der Waals surface area contributed by atoms with E-state index >= 15 is 0 Å². The number of rotatable bonds is 9. The predicted octanol–water partition coefficient (Wildman–Crippen LogP) is 11.1. The molecule has 48 heavy (non-hydrogen) atoms. The minimum atomic E-state index is 0.596. The second-order valence-electron chi connectivity index (χ2n) is 14.0. The van der Waals surface area contributed by atoms with Gasteiger partial charge in [-0.2, -0.15) is 5.10 Å². The van der Waals surface area contributed by atoms with E-state index in [1.165, 1.54) is 44.2 Å². The first-order valence-electron chi connectivity index (χ1n) is 17.1. The second-order valence-corrected chi connectivity index (χ2v) is 14.0. The molecule has 4 aromatic carbocycles. The second kappa shape index (κ2) is 12.8. The number of aryl methyl sites for hydroxylation is 2. The summed E-state index contributed by atoms with van der Waals surface area (Å²) in [6.45, 7) is 15.9. The maximum atomic E-state index is 6.51. The van der Waals surface area contributed by atoms with Gasteiger partial charge in [-0.15, -0.1) is 0 Å². The number of hydrogen-bond acceptors (Lipinski definition) is 3. The van der Waals surface area contributed by atoms with Crippen molar-refractivity contribution in [1.29, 1.82) is 0 Å². The average Bonchev–Trinajstić information content (AvgIpc) is 3.66. The van der Waals surface area contributed by atoms with Crippen LogP contribution in [0.3, 0.4) is 0 Å². The molecule has 0 saturated heterocycles. The molecular formula is C43H44N4O. The molecule has 0 spiro atoms. The summed E-state index contributed by atoms with van der Waals surface area (Å²) in [5.74, 6) is 3.63. The first-order valence-corrected chi connectivity index (χ1v) is 17.1. The Morgan fingerprint density at radius 3 is 2.29 bits per heavy atom. The van der Waals surface area contributed by atoms with Crippen molar-refractivity contribution in [1.82, 2.24) is 19.3 Å². The lowest BCUT2D eigenvalue weighted by Gasteiger charge is -2.21.